The molecular formula is C21H36N4O8. The SMILES string of the molecule is CCCCCCCC(=O)OC[C@H](O)[C@@H](OC)[C@@H]1OC(C(=O)O)=C[C@@H](N=C(N)N)[C@H]1CC(N)=O. The van der Waals surface area contributed by atoms with E-state index in [1.54, 1.807) is 0 Å². The second-order valence-electron chi connectivity index (χ2n) is 7.91. The molecule has 0 aromatic heterocycles. The second kappa shape index (κ2) is 14.3. The molecule has 0 aromatic carbocycles. The van der Waals surface area contributed by atoms with Crippen LogP contribution in [0.25, 0.3) is 0 Å². The lowest BCUT2D eigenvalue weighted by Crippen LogP contribution is -2.52. The van der Waals surface area contributed by atoms with Gasteiger partial charge in [0.05, 0.1) is 6.04 Å². The van der Waals surface area contributed by atoms with E-state index in [1.165, 1.54) is 7.11 Å². The van der Waals surface area contributed by atoms with Crippen LogP contribution in [0.2, 0.25) is 0 Å². The van der Waals surface area contributed by atoms with Gasteiger partial charge >= 0.3 is 11.9 Å². The summed E-state index contributed by atoms with van der Waals surface area (Å²) in [6.07, 6.45) is 2.20. The van der Waals surface area contributed by atoms with Gasteiger partial charge in [-0.1, -0.05) is 32.6 Å². The number of aliphatic imine (C=N–C) groups is 1. The minimum atomic E-state index is -1.40. The molecular weight excluding hydrogens is 436 g/mol. The van der Waals surface area contributed by atoms with Crippen LogP contribution < -0.4 is 17.2 Å². The summed E-state index contributed by atoms with van der Waals surface area (Å²) < 4.78 is 16.0. The normalized spacial score (nSPS) is 21.8. The number of hydrogen-bond donors (Lipinski definition) is 5. The molecule has 0 aliphatic carbocycles. The van der Waals surface area contributed by atoms with Gasteiger partial charge in [-0.15, -0.1) is 0 Å². The number of methoxy groups -OCH3 is 1. The van der Waals surface area contributed by atoms with E-state index in [9.17, 15) is 24.6 Å². The van der Waals surface area contributed by atoms with Crippen LogP contribution in [0.3, 0.4) is 0 Å². The average Bonchev–Trinajstić information content (AvgIpc) is 2.73. The second-order valence-corrected chi connectivity index (χ2v) is 7.91. The Labute approximate surface area is 193 Å². The molecule has 0 unspecified atom stereocenters. The highest BCUT2D eigenvalue weighted by Gasteiger charge is 2.45. The summed E-state index contributed by atoms with van der Waals surface area (Å²) in [4.78, 5) is 39.2. The molecule has 12 heteroatoms. The fourth-order valence-electron chi connectivity index (χ4n) is 3.68. The monoisotopic (exact) mass is 472 g/mol. The fourth-order valence-corrected chi connectivity index (χ4v) is 3.68. The molecule has 1 rings (SSSR count). The maximum absolute atomic E-state index is 12.0. The quantitative estimate of drug-likeness (QED) is 0.0914. The molecule has 33 heavy (non-hydrogen) atoms. The molecule has 0 spiro atoms. The highest BCUT2D eigenvalue weighted by Crippen LogP contribution is 2.32. The first-order valence-electron chi connectivity index (χ1n) is 11.0. The Morgan fingerprint density at radius 2 is 1.85 bits per heavy atom. The molecule has 1 aliphatic rings. The summed E-state index contributed by atoms with van der Waals surface area (Å²) in [6, 6.07) is -0.970. The number of nitrogens with zero attached hydrogens (tertiary/aromatic N) is 1. The van der Waals surface area contributed by atoms with Gasteiger partial charge in [0.2, 0.25) is 11.7 Å². The summed E-state index contributed by atoms with van der Waals surface area (Å²) in [5.74, 6) is -4.24. The van der Waals surface area contributed by atoms with Gasteiger partial charge in [0.25, 0.3) is 0 Å². The van der Waals surface area contributed by atoms with Crippen molar-refractivity contribution in [3.63, 3.8) is 0 Å². The summed E-state index contributed by atoms with van der Waals surface area (Å²) in [7, 11) is 1.27. The largest absolute Gasteiger partial charge is 0.480 e. The van der Waals surface area contributed by atoms with E-state index in [0.29, 0.717) is 6.42 Å². The topological polar surface area (TPSA) is 210 Å². The first-order chi connectivity index (χ1) is 15.6. The number of ether oxygens (including phenoxy) is 3. The predicted molar refractivity (Wildman–Crippen MR) is 119 cm³/mol. The zero-order valence-electron chi connectivity index (χ0n) is 19.1. The molecule has 0 aromatic rings. The van der Waals surface area contributed by atoms with Gasteiger partial charge in [-0.25, -0.2) is 9.79 Å². The van der Waals surface area contributed by atoms with Crippen LogP contribution in [0.5, 0.6) is 0 Å². The summed E-state index contributed by atoms with van der Waals surface area (Å²) in [6.45, 7) is 1.69. The Balaban J connectivity index is 2.94. The molecule has 0 saturated carbocycles. The molecule has 5 atom stereocenters. The number of esters is 1. The Kier molecular flexibility index (Phi) is 12.2. The molecule has 12 nitrogen and oxygen atoms in total. The zero-order chi connectivity index (χ0) is 25.0. The Morgan fingerprint density at radius 1 is 1.18 bits per heavy atom. The number of amides is 1. The number of aliphatic hydroxyl groups is 1. The van der Waals surface area contributed by atoms with Crippen LogP contribution in [-0.2, 0) is 28.6 Å². The van der Waals surface area contributed by atoms with E-state index in [-0.39, 0.29) is 18.8 Å². The van der Waals surface area contributed by atoms with Gasteiger partial charge in [-0.2, -0.15) is 0 Å². The van der Waals surface area contributed by atoms with Crippen molar-refractivity contribution in [3.05, 3.63) is 11.8 Å². The molecule has 0 fully saturated rings. The van der Waals surface area contributed by atoms with Crippen molar-refractivity contribution in [2.45, 2.75) is 76.2 Å². The lowest BCUT2D eigenvalue weighted by Gasteiger charge is -2.39. The van der Waals surface area contributed by atoms with Crippen molar-refractivity contribution in [2.24, 2.45) is 28.1 Å². The number of carboxylic acid groups (broad SMARTS) is 1. The zero-order valence-corrected chi connectivity index (χ0v) is 19.1. The third kappa shape index (κ3) is 9.66. The number of unbranched alkanes of at least 4 members (excludes halogenated alkanes) is 4. The minimum Gasteiger partial charge on any atom is -0.480 e. The Morgan fingerprint density at radius 3 is 2.39 bits per heavy atom. The highest BCUT2D eigenvalue weighted by atomic mass is 16.6. The number of aliphatic hydroxyl groups excluding tert-OH is 1. The van der Waals surface area contributed by atoms with Crippen molar-refractivity contribution < 1.29 is 38.8 Å². The Bertz CT molecular complexity index is 723. The summed E-state index contributed by atoms with van der Waals surface area (Å²) >= 11 is 0. The predicted octanol–water partition coefficient (Wildman–Crippen LogP) is -0.233. The van der Waals surface area contributed by atoms with Gasteiger partial charge in [0, 0.05) is 25.9 Å². The van der Waals surface area contributed by atoms with Crippen molar-refractivity contribution in [1.82, 2.24) is 0 Å². The standard InChI is InChI=1S/C21H36N4O8/c1-3-4-5-6-7-8-17(28)32-11-14(26)19(31-2)18-12(9-16(22)27)13(25-21(23)24)10-15(33-18)20(29)30/h10,12-14,18-19,26H,3-9,11H2,1-2H3,(H2,22,27)(H,29,30)(H4,23,24,25)/t12-,13-,14+,18-,19-/m1/s1. The summed E-state index contributed by atoms with van der Waals surface area (Å²) in [5.41, 5.74) is 16.3. The number of hydrogen-bond acceptors (Lipinski definition) is 8. The van der Waals surface area contributed by atoms with Crippen molar-refractivity contribution in [3.8, 4) is 0 Å². The number of carboxylic acids is 1. The van der Waals surface area contributed by atoms with Gasteiger partial charge in [0.15, 0.2) is 5.96 Å². The molecule has 8 N–H and O–H groups in total. The van der Waals surface area contributed by atoms with Crippen LogP contribution >= 0.6 is 0 Å². The van der Waals surface area contributed by atoms with Crippen molar-refractivity contribution in [1.29, 1.82) is 0 Å². The van der Waals surface area contributed by atoms with Crippen LogP contribution in [0, 0.1) is 5.92 Å². The summed E-state index contributed by atoms with van der Waals surface area (Å²) in [5, 5.41) is 20.1. The van der Waals surface area contributed by atoms with E-state index >= 15 is 0 Å². The lowest BCUT2D eigenvalue weighted by molar-refractivity contribution is -0.162. The van der Waals surface area contributed by atoms with Crippen LogP contribution in [0.15, 0.2) is 16.8 Å². The molecule has 0 saturated heterocycles. The number of primary amides is 1. The van der Waals surface area contributed by atoms with Gasteiger partial charge in [-0.05, 0) is 12.5 Å². The fraction of sp³-hybridized carbons (Fsp3) is 0.714. The molecule has 1 amide bonds. The van der Waals surface area contributed by atoms with E-state index in [0.717, 1.165) is 31.8 Å². The van der Waals surface area contributed by atoms with E-state index in [1.807, 2.05) is 0 Å². The van der Waals surface area contributed by atoms with Crippen molar-refractivity contribution >= 4 is 23.8 Å². The molecule has 1 heterocycles. The number of carbonyl (C=O) groups is 3. The van der Waals surface area contributed by atoms with Crippen LogP contribution in [0.1, 0.15) is 51.9 Å². The van der Waals surface area contributed by atoms with E-state index < -0.39 is 60.5 Å². The highest BCUT2D eigenvalue weighted by molar-refractivity contribution is 5.85. The van der Waals surface area contributed by atoms with Crippen LogP contribution in [-0.4, -0.2) is 72.1 Å². The van der Waals surface area contributed by atoms with Crippen molar-refractivity contribution in [2.75, 3.05) is 13.7 Å². The average molecular weight is 473 g/mol. The molecule has 0 radical (unpaired) electrons. The van der Waals surface area contributed by atoms with Gasteiger partial charge in [0.1, 0.15) is 24.9 Å². The third-order valence-electron chi connectivity index (χ3n) is 5.27. The first-order valence-corrected chi connectivity index (χ1v) is 11.0. The molecule has 0 bridgehead atoms. The van der Waals surface area contributed by atoms with E-state index in [2.05, 4.69) is 11.9 Å². The minimum absolute atomic E-state index is 0.219. The maximum atomic E-state index is 12.0. The number of guanidine groups is 1. The number of nitrogens with two attached hydrogens (primary N) is 3. The maximum Gasteiger partial charge on any atom is 0.370 e. The lowest BCUT2D eigenvalue weighted by atomic mass is 9.83. The smallest absolute Gasteiger partial charge is 0.370 e. The third-order valence-corrected chi connectivity index (χ3v) is 5.27. The molecule has 1 aliphatic heterocycles. The van der Waals surface area contributed by atoms with Gasteiger partial charge in [-0.3, -0.25) is 9.59 Å². The first kappa shape index (κ1) is 28.2. The number of rotatable bonds is 15. The number of aliphatic carboxylic acids is 1. The van der Waals surface area contributed by atoms with E-state index in [4.69, 9.17) is 31.4 Å². The molecule has 188 valence electrons. The van der Waals surface area contributed by atoms with Crippen LogP contribution in [0.4, 0.5) is 0 Å². The number of carbonyl (C=O) groups excluding carboxylic acids is 2. The Hall–Kier alpha value is -2.86. The van der Waals surface area contributed by atoms with Gasteiger partial charge < -0.3 is 41.6 Å².